The maximum absolute atomic E-state index is 12.0. The lowest BCUT2D eigenvalue weighted by atomic mass is 10.1. The van der Waals surface area contributed by atoms with Crippen molar-refractivity contribution in [2.24, 2.45) is 0 Å². The summed E-state index contributed by atoms with van der Waals surface area (Å²) in [6.45, 7) is 7.39. The van der Waals surface area contributed by atoms with Gasteiger partial charge in [0, 0.05) is 18.8 Å². The van der Waals surface area contributed by atoms with Gasteiger partial charge in [0.2, 0.25) is 0 Å². The van der Waals surface area contributed by atoms with Crippen molar-refractivity contribution in [3.8, 4) is 0 Å². The number of carbonyl (C=O) groups is 2. The summed E-state index contributed by atoms with van der Waals surface area (Å²) in [5.41, 5.74) is 0.621. The molecule has 110 valence electrons. The highest BCUT2D eigenvalue weighted by Crippen LogP contribution is 2.10. The quantitative estimate of drug-likeness (QED) is 0.821. The largest absolute Gasteiger partial charge is 0.389 e. The van der Waals surface area contributed by atoms with E-state index in [0.29, 0.717) is 12.2 Å². The Morgan fingerprint density at radius 1 is 1.25 bits per heavy atom. The molecule has 0 saturated carbocycles. The molecule has 2 amide bonds. The molecule has 0 saturated heterocycles. The first-order chi connectivity index (χ1) is 9.23. The highest BCUT2D eigenvalue weighted by Gasteiger charge is 2.25. The summed E-state index contributed by atoms with van der Waals surface area (Å²) in [5.74, 6) is -1.34. The molecule has 0 fully saturated rings. The van der Waals surface area contributed by atoms with Crippen LogP contribution in [0.25, 0.3) is 0 Å². The first kappa shape index (κ1) is 16.2. The molecule has 0 aliphatic rings. The number of nitrogens with zero attached hydrogens (tertiary/aromatic N) is 1. The molecule has 0 aromatic heterocycles. The number of anilines is 1. The second-order valence-corrected chi connectivity index (χ2v) is 5.45. The summed E-state index contributed by atoms with van der Waals surface area (Å²) in [7, 11) is 0. The fourth-order valence-electron chi connectivity index (χ4n) is 1.76. The van der Waals surface area contributed by atoms with Crippen LogP contribution in [0.15, 0.2) is 24.3 Å². The van der Waals surface area contributed by atoms with Crippen molar-refractivity contribution in [1.29, 1.82) is 0 Å². The van der Waals surface area contributed by atoms with Crippen LogP contribution in [0.1, 0.15) is 26.3 Å². The standard InChI is InChI=1S/C15H22N2O3/c1-5-17(10-15(3,4)20)14(19)13(18)16-12-8-6-11(2)7-9-12/h6-9,20H,5,10H2,1-4H3,(H,16,18). The SMILES string of the molecule is CCN(CC(C)(C)O)C(=O)C(=O)Nc1ccc(C)cc1. The molecular weight excluding hydrogens is 256 g/mol. The van der Waals surface area contributed by atoms with Gasteiger partial charge in [-0.1, -0.05) is 17.7 Å². The van der Waals surface area contributed by atoms with Gasteiger partial charge in [0.05, 0.1) is 5.60 Å². The van der Waals surface area contributed by atoms with Gasteiger partial charge in [-0.15, -0.1) is 0 Å². The lowest BCUT2D eigenvalue weighted by Gasteiger charge is -2.27. The summed E-state index contributed by atoms with van der Waals surface area (Å²) in [4.78, 5) is 25.2. The first-order valence-electron chi connectivity index (χ1n) is 6.62. The molecule has 0 aliphatic carbocycles. The summed E-state index contributed by atoms with van der Waals surface area (Å²) < 4.78 is 0. The molecule has 0 radical (unpaired) electrons. The van der Waals surface area contributed by atoms with Crippen LogP contribution in [0.5, 0.6) is 0 Å². The Labute approximate surface area is 119 Å². The second kappa shape index (κ2) is 6.52. The summed E-state index contributed by atoms with van der Waals surface area (Å²) >= 11 is 0. The fraction of sp³-hybridized carbons (Fsp3) is 0.467. The Morgan fingerprint density at radius 3 is 2.25 bits per heavy atom. The van der Waals surface area contributed by atoms with Crippen LogP contribution < -0.4 is 5.32 Å². The molecule has 1 aromatic rings. The van der Waals surface area contributed by atoms with Crippen molar-refractivity contribution in [1.82, 2.24) is 4.90 Å². The van der Waals surface area contributed by atoms with Crippen molar-refractivity contribution < 1.29 is 14.7 Å². The molecule has 20 heavy (non-hydrogen) atoms. The van der Waals surface area contributed by atoms with Gasteiger partial charge in [0.1, 0.15) is 0 Å². The maximum Gasteiger partial charge on any atom is 0.313 e. The molecule has 2 N–H and O–H groups in total. The number of carbonyl (C=O) groups excluding carboxylic acids is 2. The van der Waals surface area contributed by atoms with E-state index in [1.165, 1.54) is 4.90 Å². The topological polar surface area (TPSA) is 69.6 Å². The second-order valence-electron chi connectivity index (χ2n) is 5.45. The van der Waals surface area contributed by atoms with Gasteiger partial charge >= 0.3 is 11.8 Å². The van der Waals surface area contributed by atoms with E-state index in [9.17, 15) is 14.7 Å². The fourth-order valence-corrected chi connectivity index (χ4v) is 1.76. The highest BCUT2D eigenvalue weighted by molar-refractivity contribution is 6.39. The number of hydrogen-bond acceptors (Lipinski definition) is 3. The Hall–Kier alpha value is -1.88. The average molecular weight is 278 g/mol. The van der Waals surface area contributed by atoms with Gasteiger partial charge in [0.25, 0.3) is 0 Å². The summed E-state index contributed by atoms with van der Waals surface area (Å²) in [6.07, 6.45) is 0. The third kappa shape index (κ3) is 5.01. The van der Waals surface area contributed by atoms with Gasteiger partial charge in [0.15, 0.2) is 0 Å². The molecule has 0 spiro atoms. The van der Waals surface area contributed by atoms with Crippen molar-refractivity contribution in [2.45, 2.75) is 33.3 Å². The van der Waals surface area contributed by atoms with Crippen LogP contribution in [0.3, 0.4) is 0 Å². The number of aryl methyl sites for hydroxylation is 1. The van der Waals surface area contributed by atoms with E-state index in [1.807, 2.05) is 19.1 Å². The van der Waals surface area contributed by atoms with Crippen LogP contribution in [-0.2, 0) is 9.59 Å². The normalized spacial score (nSPS) is 11.1. The number of amides is 2. The molecule has 5 nitrogen and oxygen atoms in total. The minimum atomic E-state index is -1.03. The highest BCUT2D eigenvalue weighted by atomic mass is 16.3. The zero-order valence-electron chi connectivity index (χ0n) is 12.4. The minimum Gasteiger partial charge on any atom is -0.389 e. The van der Waals surface area contributed by atoms with E-state index in [-0.39, 0.29) is 6.54 Å². The Kier molecular flexibility index (Phi) is 5.27. The summed E-state index contributed by atoms with van der Waals surface area (Å²) in [5, 5.41) is 12.3. The van der Waals surface area contributed by atoms with Crippen molar-refractivity contribution >= 4 is 17.5 Å². The van der Waals surface area contributed by atoms with Gasteiger partial charge < -0.3 is 15.3 Å². The Morgan fingerprint density at radius 2 is 1.80 bits per heavy atom. The molecule has 1 rings (SSSR count). The van der Waals surface area contributed by atoms with E-state index in [1.54, 1.807) is 32.9 Å². The number of benzene rings is 1. The molecule has 0 heterocycles. The molecule has 1 aromatic carbocycles. The van der Waals surface area contributed by atoms with Crippen LogP contribution in [0.4, 0.5) is 5.69 Å². The van der Waals surface area contributed by atoms with E-state index >= 15 is 0 Å². The van der Waals surface area contributed by atoms with Crippen molar-refractivity contribution in [3.05, 3.63) is 29.8 Å². The number of rotatable bonds is 4. The average Bonchev–Trinajstić information content (AvgIpc) is 2.36. The molecule has 0 unspecified atom stereocenters. The lowest BCUT2D eigenvalue weighted by molar-refractivity contribution is -0.144. The van der Waals surface area contributed by atoms with Crippen molar-refractivity contribution in [2.75, 3.05) is 18.4 Å². The predicted octanol–water partition coefficient (Wildman–Crippen LogP) is 1.55. The van der Waals surface area contributed by atoms with Gasteiger partial charge in [-0.25, -0.2) is 0 Å². The zero-order chi connectivity index (χ0) is 15.3. The molecule has 5 heteroatoms. The molecular formula is C15H22N2O3. The maximum atomic E-state index is 12.0. The van der Waals surface area contributed by atoms with Crippen LogP contribution >= 0.6 is 0 Å². The third-order valence-electron chi connectivity index (χ3n) is 2.75. The van der Waals surface area contributed by atoms with Crippen molar-refractivity contribution in [3.63, 3.8) is 0 Å². The third-order valence-corrected chi connectivity index (χ3v) is 2.75. The van der Waals surface area contributed by atoms with E-state index in [4.69, 9.17) is 0 Å². The van der Waals surface area contributed by atoms with Crippen LogP contribution in [0.2, 0.25) is 0 Å². The van der Waals surface area contributed by atoms with Gasteiger partial charge in [-0.3, -0.25) is 9.59 Å². The van der Waals surface area contributed by atoms with E-state index < -0.39 is 17.4 Å². The van der Waals surface area contributed by atoms with E-state index in [2.05, 4.69) is 5.32 Å². The first-order valence-corrected chi connectivity index (χ1v) is 6.62. The van der Waals surface area contributed by atoms with Crippen LogP contribution in [-0.4, -0.2) is 40.5 Å². The van der Waals surface area contributed by atoms with Gasteiger partial charge in [-0.2, -0.15) is 0 Å². The lowest BCUT2D eigenvalue weighted by Crippen LogP contribution is -2.46. The Balaban J connectivity index is 2.70. The molecule has 0 bridgehead atoms. The predicted molar refractivity (Wildman–Crippen MR) is 78.4 cm³/mol. The number of likely N-dealkylation sites (N-methyl/N-ethyl adjacent to an activating group) is 1. The minimum absolute atomic E-state index is 0.115. The number of hydrogen-bond donors (Lipinski definition) is 2. The van der Waals surface area contributed by atoms with Gasteiger partial charge in [-0.05, 0) is 39.8 Å². The zero-order valence-corrected chi connectivity index (χ0v) is 12.4. The number of nitrogens with one attached hydrogen (secondary N) is 1. The molecule has 0 atom stereocenters. The summed E-state index contributed by atoms with van der Waals surface area (Å²) in [6, 6.07) is 7.20. The Bertz CT molecular complexity index is 475. The van der Waals surface area contributed by atoms with E-state index in [0.717, 1.165) is 5.56 Å². The van der Waals surface area contributed by atoms with Crippen LogP contribution in [0, 0.1) is 6.92 Å². The monoisotopic (exact) mass is 278 g/mol. The number of aliphatic hydroxyl groups is 1. The smallest absolute Gasteiger partial charge is 0.313 e. The molecule has 0 aliphatic heterocycles.